The summed E-state index contributed by atoms with van der Waals surface area (Å²) in [6, 6.07) is 10.6. The first-order valence-corrected chi connectivity index (χ1v) is 6.94. The molecule has 0 heterocycles. The maximum atomic E-state index is 13.6. The van der Waals surface area contributed by atoms with Gasteiger partial charge in [0.2, 0.25) is 0 Å². The molecule has 3 heteroatoms. The van der Waals surface area contributed by atoms with E-state index in [0.29, 0.717) is 17.0 Å². The van der Waals surface area contributed by atoms with E-state index in [4.69, 9.17) is 23.2 Å². The molecule has 0 N–H and O–H groups in total. The second-order valence-electron chi connectivity index (χ2n) is 4.72. The Kier molecular flexibility index (Phi) is 4.49. The molecule has 0 amide bonds. The molecule has 0 spiro atoms. The summed E-state index contributed by atoms with van der Waals surface area (Å²) in [5.74, 6) is -0.229. The van der Waals surface area contributed by atoms with Crippen LogP contribution in [0.1, 0.15) is 27.6 Å². The second-order valence-corrected chi connectivity index (χ2v) is 5.66. The number of hydrogen-bond donors (Lipinski definition) is 0. The third kappa shape index (κ3) is 3.29. The van der Waals surface area contributed by atoms with E-state index >= 15 is 0 Å². The standard InChI is InChI=1S/C16H15Cl2F/c1-10-7-13(14(17)8-11(10)2)15(18)9-12-5-3-4-6-16(12)19/h3-8,15H,9H2,1-2H3. The fraction of sp³-hybridized carbons (Fsp3) is 0.250. The number of benzene rings is 2. The topological polar surface area (TPSA) is 0 Å². The van der Waals surface area contributed by atoms with Gasteiger partial charge in [0.15, 0.2) is 0 Å². The van der Waals surface area contributed by atoms with Gasteiger partial charge in [0.05, 0.1) is 5.38 Å². The summed E-state index contributed by atoms with van der Waals surface area (Å²) < 4.78 is 13.6. The molecule has 19 heavy (non-hydrogen) atoms. The highest BCUT2D eigenvalue weighted by molar-refractivity contribution is 6.32. The van der Waals surface area contributed by atoms with Crippen LogP contribution in [0.5, 0.6) is 0 Å². The van der Waals surface area contributed by atoms with Crippen molar-refractivity contribution < 1.29 is 4.39 Å². The summed E-state index contributed by atoms with van der Waals surface area (Å²) in [4.78, 5) is 0. The zero-order valence-corrected chi connectivity index (χ0v) is 12.4. The first-order valence-electron chi connectivity index (χ1n) is 6.13. The highest BCUT2D eigenvalue weighted by Crippen LogP contribution is 2.33. The first kappa shape index (κ1) is 14.4. The second kappa shape index (κ2) is 5.94. The Balaban J connectivity index is 2.28. The summed E-state index contributed by atoms with van der Waals surface area (Å²) in [6.07, 6.45) is 0.427. The van der Waals surface area contributed by atoms with Crippen molar-refractivity contribution in [2.24, 2.45) is 0 Å². The molecule has 2 aromatic carbocycles. The molecule has 0 radical (unpaired) electrons. The van der Waals surface area contributed by atoms with Crippen molar-refractivity contribution in [1.82, 2.24) is 0 Å². The quantitative estimate of drug-likeness (QED) is 0.645. The van der Waals surface area contributed by atoms with Gasteiger partial charge in [0, 0.05) is 5.02 Å². The van der Waals surface area contributed by atoms with E-state index in [2.05, 4.69) is 0 Å². The summed E-state index contributed by atoms with van der Waals surface area (Å²) >= 11 is 12.6. The Morgan fingerprint density at radius 1 is 1.11 bits per heavy atom. The van der Waals surface area contributed by atoms with Crippen molar-refractivity contribution in [1.29, 1.82) is 0 Å². The van der Waals surface area contributed by atoms with Crippen LogP contribution in [-0.2, 0) is 6.42 Å². The van der Waals surface area contributed by atoms with Crippen LogP contribution in [0.2, 0.25) is 5.02 Å². The van der Waals surface area contributed by atoms with Crippen molar-refractivity contribution in [3.63, 3.8) is 0 Å². The van der Waals surface area contributed by atoms with Gasteiger partial charge in [-0.2, -0.15) is 0 Å². The van der Waals surface area contributed by atoms with E-state index in [9.17, 15) is 4.39 Å². The monoisotopic (exact) mass is 296 g/mol. The predicted octanol–water partition coefficient (Wildman–Crippen LogP) is 5.62. The van der Waals surface area contributed by atoms with Crippen LogP contribution in [0, 0.1) is 19.7 Å². The minimum Gasteiger partial charge on any atom is -0.207 e. The fourth-order valence-corrected chi connectivity index (χ4v) is 2.76. The number of alkyl halides is 1. The number of halogens is 3. The molecule has 0 fully saturated rings. The van der Waals surface area contributed by atoms with Gasteiger partial charge >= 0.3 is 0 Å². The molecule has 2 rings (SSSR count). The Hall–Kier alpha value is -1.05. The van der Waals surface area contributed by atoms with E-state index in [1.807, 2.05) is 32.0 Å². The zero-order chi connectivity index (χ0) is 14.0. The highest BCUT2D eigenvalue weighted by atomic mass is 35.5. The molecule has 0 aromatic heterocycles. The molecule has 2 aromatic rings. The molecule has 0 aliphatic carbocycles. The van der Waals surface area contributed by atoms with Gasteiger partial charge in [-0.05, 0) is 54.7 Å². The molecular weight excluding hydrogens is 282 g/mol. The number of hydrogen-bond acceptors (Lipinski definition) is 0. The minimum absolute atomic E-state index is 0.229. The lowest BCUT2D eigenvalue weighted by Crippen LogP contribution is -2.00. The molecule has 100 valence electrons. The SMILES string of the molecule is Cc1cc(Cl)c(C(Cl)Cc2ccccc2F)cc1C. The van der Waals surface area contributed by atoms with Gasteiger partial charge in [-0.25, -0.2) is 4.39 Å². The van der Waals surface area contributed by atoms with Crippen molar-refractivity contribution in [2.45, 2.75) is 25.6 Å². The molecule has 0 saturated heterocycles. The largest absolute Gasteiger partial charge is 0.207 e. The van der Waals surface area contributed by atoms with Gasteiger partial charge in [0.25, 0.3) is 0 Å². The molecular formula is C16H15Cl2F. The van der Waals surface area contributed by atoms with Crippen LogP contribution >= 0.6 is 23.2 Å². The van der Waals surface area contributed by atoms with Crippen molar-refractivity contribution in [3.8, 4) is 0 Å². The van der Waals surface area contributed by atoms with Crippen LogP contribution < -0.4 is 0 Å². The first-order chi connectivity index (χ1) is 8.99. The van der Waals surface area contributed by atoms with Gasteiger partial charge in [-0.15, -0.1) is 11.6 Å². The Bertz CT molecular complexity index is 593. The zero-order valence-electron chi connectivity index (χ0n) is 10.9. The van der Waals surface area contributed by atoms with Gasteiger partial charge in [-0.1, -0.05) is 35.9 Å². The lowest BCUT2D eigenvalue weighted by atomic mass is 9.99. The maximum absolute atomic E-state index is 13.6. The normalized spacial score (nSPS) is 12.5. The van der Waals surface area contributed by atoms with Crippen LogP contribution in [0.15, 0.2) is 36.4 Å². The van der Waals surface area contributed by atoms with E-state index < -0.39 is 0 Å². The highest BCUT2D eigenvalue weighted by Gasteiger charge is 2.15. The van der Waals surface area contributed by atoms with Gasteiger partial charge in [-0.3, -0.25) is 0 Å². The Morgan fingerprint density at radius 2 is 1.74 bits per heavy atom. The summed E-state index contributed by atoms with van der Waals surface area (Å²) in [7, 11) is 0. The van der Waals surface area contributed by atoms with Crippen molar-refractivity contribution >= 4 is 23.2 Å². The summed E-state index contributed by atoms with van der Waals surface area (Å²) in [6.45, 7) is 4.02. The summed E-state index contributed by atoms with van der Waals surface area (Å²) in [5, 5.41) is 0.308. The third-order valence-electron chi connectivity index (χ3n) is 3.31. The van der Waals surface area contributed by atoms with Crippen LogP contribution in [0.4, 0.5) is 4.39 Å². The number of aryl methyl sites for hydroxylation is 2. The fourth-order valence-electron chi connectivity index (χ4n) is 2.01. The molecule has 1 unspecified atom stereocenters. The molecule has 0 nitrogen and oxygen atoms in total. The van der Waals surface area contributed by atoms with E-state index in [1.54, 1.807) is 12.1 Å². The maximum Gasteiger partial charge on any atom is 0.126 e. The smallest absolute Gasteiger partial charge is 0.126 e. The average Bonchev–Trinajstić information content (AvgIpc) is 2.36. The third-order valence-corrected chi connectivity index (χ3v) is 4.02. The lowest BCUT2D eigenvalue weighted by molar-refractivity contribution is 0.607. The Morgan fingerprint density at radius 3 is 2.42 bits per heavy atom. The molecule has 0 aliphatic rings. The van der Waals surface area contributed by atoms with Gasteiger partial charge in [0.1, 0.15) is 5.82 Å². The summed E-state index contributed by atoms with van der Waals surface area (Å²) in [5.41, 5.74) is 3.73. The van der Waals surface area contributed by atoms with Gasteiger partial charge < -0.3 is 0 Å². The van der Waals surface area contributed by atoms with E-state index in [1.165, 1.54) is 6.07 Å². The molecule has 0 aliphatic heterocycles. The van der Waals surface area contributed by atoms with Crippen LogP contribution in [0.25, 0.3) is 0 Å². The molecule has 0 saturated carbocycles. The average molecular weight is 297 g/mol. The van der Waals surface area contributed by atoms with Crippen molar-refractivity contribution in [2.75, 3.05) is 0 Å². The van der Waals surface area contributed by atoms with Crippen LogP contribution in [0.3, 0.4) is 0 Å². The predicted molar refractivity (Wildman–Crippen MR) is 79.6 cm³/mol. The van der Waals surface area contributed by atoms with Crippen LogP contribution in [-0.4, -0.2) is 0 Å². The Labute approximate surface area is 123 Å². The molecule has 0 bridgehead atoms. The lowest BCUT2D eigenvalue weighted by Gasteiger charge is -2.14. The number of rotatable bonds is 3. The molecule has 1 atom stereocenters. The van der Waals surface area contributed by atoms with E-state index in [0.717, 1.165) is 16.7 Å². The minimum atomic E-state index is -0.330. The van der Waals surface area contributed by atoms with E-state index in [-0.39, 0.29) is 11.2 Å². The van der Waals surface area contributed by atoms with Crippen molar-refractivity contribution in [3.05, 3.63) is 69.5 Å².